The second-order valence-electron chi connectivity index (χ2n) is 9.06. The maximum absolute atomic E-state index is 16.0. The zero-order chi connectivity index (χ0) is 25.1. The standard InChI is InChI=1S/C26H19FN8OS/c1-12-2-5-18(37-12)16-6-7-29-24-22(16)32-25(33-24)23-19-17(34-35-23)11-30-21(20(19)27)14-8-15(10-28-9-14)31-26(36)13-3-4-13/h2,5-11,13H,3-4H2,1H3,(H,31,36)(H,34,35)(H,29,32,33). The summed E-state index contributed by atoms with van der Waals surface area (Å²) in [6.07, 6.45) is 8.08. The number of rotatable bonds is 5. The molecule has 1 aliphatic rings. The Bertz CT molecular complexity index is 1830. The van der Waals surface area contributed by atoms with Gasteiger partial charge in [-0.05, 0) is 44.0 Å². The maximum Gasteiger partial charge on any atom is 0.227 e. The first kappa shape index (κ1) is 21.7. The fourth-order valence-electron chi connectivity index (χ4n) is 4.38. The van der Waals surface area contributed by atoms with E-state index in [2.05, 4.69) is 59.5 Å². The predicted octanol–water partition coefficient (Wildman–Crippen LogP) is 5.48. The van der Waals surface area contributed by atoms with E-state index in [1.807, 2.05) is 6.07 Å². The molecule has 0 aromatic carbocycles. The Morgan fingerprint density at radius 3 is 2.84 bits per heavy atom. The average Bonchev–Trinajstić information content (AvgIpc) is 3.29. The van der Waals surface area contributed by atoms with Gasteiger partial charge in [0, 0.05) is 39.2 Å². The van der Waals surface area contributed by atoms with Crippen molar-refractivity contribution in [3.8, 4) is 33.2 Å². The van der Waals surface area contributed by atoms with Crippen LogP contribution in [0.15, 0.2) is 49.1 Å². The molecule has 1 amide bonds. The summed E-state index contributed by atoms with van der Waals surface area (Å²) >= 11 is 1.68. The molecule has 1 aliphatic carbocycles. The zero-order valence-corrected chi connectivity index (χ0v) is 20.4. The van der Waals surface area contributed by atoms with Crippen molar-refractivity contribution in [2.75, 3.05) is 5.32 Å². The summed E-state index contributed by atoms with van der Waals surface area (Å²) in [6.45, 7) is 2.06. The fourth-order valence-corrected chi connectivity index (χ4v) is 5.28. The van der Waals surface area contributed by atoms with Crippen LogP contribution in [-0.2, 0) is 4.79 Å². The number of hydrogen-bond acceptors (Lipinski definition) is 7. The summed E-state index contributed by atoms with van der Waals surface area (Å²) in [6, 6.07) is 7.73. The monoisotopic (exact) mass is 510 g/mol. The number of halogens is 1. The highest BCUT2D eigenvalue weighted by atomic mass is 32.1. The first-order valence-corrected chi connectivity index (χ1v) is 12.6. The van der Waals surface area contributed by atoms with Gasteiger partial charge in [0.1, 0.15) is 11.4 Å². The van der Waals surface area contributed by atoms with E-state index < -0.39 is 5.82 Å². The number of anilines is 1. The summed E-state index contributed by atoms with van der Waals surface area (Å²) in [5, 5.41) is 10.3. The van der Waals surface area contributed by atoms with Crippen molar-refractivity contribution in [1.82, 2.24) is 35.1 Å². The minimum Gasteiger partial charge on any atom is -0.335 e. The molecule has 1 saturated carbocycles. The number of thiophene rings is 1. The van der Waals surface area contributed by atoms with E-state index in [1.165, 1.54) is 23.5 Å². The lowest BCUT2D eigenvalue weighted by Gasteiger charge is -2.07. The number of aryl methyl sites for hydroxylation is 1. The van der Waals surface area contributed by atoms with Crippen molar-refractivity contribution in [3.63, 3.8) is 0 Å². The number of aromatic amines is 2. The molecule has 3 N–H and O–H groups in total. The molecule has 6 heterocycles. The van der Waals surface area contributed by atoms with Crippen LogP contribution in [0, 0.1) is 18.7 Å². The van der Waals surface area contributed by atoms with Crippen LogP contribution in [0.3, 0.4) is 0 Å². The highest BCUT2D eigenvalue weighted by Gasteiger charge is 2.29. The number of H-pyrrole nitrogens is 2. The largest absolute Gasteiger partial charge is 0.335 e. The van der Waals surface area contributed by atoms with Crippen LogP contribution < -0.4 is 5.32 Å². The van der Waals surface area contributed by atoms with E-state index in [0.29, 0.717) is 33.9 Å². The third kappa shape index (κ3) is 3.75. The number of amides is 1. The van der Waals surface area contributed by atoms with E-state index >= 15 is 4.39 Å². The van der Waals surface area contributed by atoms with Crippen molar-refractivity contribution in [2.45, 2.75) is 19.8 Å². The third-order valence-electron chi connectivity index (χ3n) is 6.39. The van der Waals surface area contributed by atoms with Gasteiger partial charge in [0.2, 0.25) is 5.91 Å². The smallest absolute Gasteiger partial charge is 0.227 e. The molecule has 9 nitrogen and oxygen atoms in total. The molecule has 0 atom stereocenters. The van der Waals surface area contributed by atoms with Crippen LogP contribution in [0.1, 0.15) is 17.7 Å². The van der Waals surface area contributed by atoms with Gasteiger partial charge in [-0.25, -0.2) is 14.4 Å². The molecule has 11 heteroatoms. The number of imidazole rings is 1. The topological polar surface area (TPSA) is 125 Å². The first-order chi connectivity index (χ1) is 18.0. The van der Waals surface area contributed by atoms with Crippen molar-refractivity contribution < 1.29 is 9.18 Å². The van der Waals surface area contributed by atoms with E-state index in [1.54, 1.807) is 23.6 Å². The summed E-state index contributed by atoms with van der Waals surface area (Å²) < 4.78 is 16.0. The van der Waals surface area contributed by atoms with Crippen LogP contribution in [-0.4, -0.2) is 41.0 Å². The number of carbonyl (C=O) groups is 1. The van der Waals surface area contributed by atoms with Crippen LogP contribution in [0.25, 0.3) is 55.3 Å². The van der Waals surface area contributed by atoms with Gasteiger partial charge in [0.25, 0.3) is 0 Å². The molecule has 0 aliphatic heterocycles. The van der Waals surface area contributed by atoms with E-state index in [4.69, 9.17) is 0 Å². The van der Waals surface area contributed by atoms with E-state index in [0.717, 1.165) is 28.8 Å². The van der Waals surface area contributed by atoms with Gasteiger partial charge in [0.15, 0.2) is 17.3 Å². The van der Waals surface area contributed by atoms with Crippen molar-refractivity contribution in [2.24, 2.45) is 5.92 Å². The fraction of sp³-hybridized carbons (Fsp3) is 0.154. The van der Waals surface area contributed by atoms with Crippen LogP contribution in [0.2, 0.25) is 0 Å². The lowest BCUT2D eigenvalue weighted by molar-refractivity contribution is -0.117. The maximum atomic E-state index is 16.0. The molecule has 0 unspecified atom stereocenters. The Hall–Kier alpha value is -4.51. The Labute approximate surface area is 213 Å². The molecule has 182 valence electrons. The number of nitrogens with zero attached hydrogens (tertiary/aromatic N) is 5. The second-order valence-corrected chi connectivity index (χ2v) is 10.3. The number of aromatic nitrogens is 7. The number of hydrogen-bond donors (Lipinski definition) is 3. The second kappa shape index (κ2) is 8.27. The van der Waals surface area contributed by atoms with Crippen molar-refractivity contribution >= 4 is 45.0 Å². The molecule has 0 saturated heterocycles. The Morgan fingerprint density at radius 2 is 2.03 bits per heavy atom. The Kier molecular flexibility index (Phi) is 4.86. The van der Waals surface area contributed by atoms with Gasteiger partial charge in [-0.15, -0.1) is 11.3 Å². The minimum absolute atomic E-state index is 0.0458. The van der Waals surface area contributed by atoms with Crippen LogP contribution in [0.4, 0.5) is 10.1 Å². The molecular formula is C26H19FN8OS. The SMILES string of the molecule is Cc1ccc(-c2ccnc3nc(-c4n[nH]c5cnc(-c6cncc(NC(=O)C7CC7)c6)c(F)c45)[nH]c23)s1. The van der Waals surface area contributed by atoms with E-state index in [-0.39, 0.29) is 22.9 Å². The van der Waals surface area contributed by atoms with Crippen molar-refractivity contribution in [3.05, 3.63) is 59.7 Å². The first-order valence-electron chi connectivity index (χ1n) is 11.8. The zero-order valence-electron chi connectivity index (χ0n) is 19.5. The molecular weight excluding hydrogens is 491 g/mol. The van der Waals surface area contributed by atoms with Crippen LogP contribution in [0.5, 0.6) is 0 Å². The molecule has 37 heavy (non-hydrogen) atoms. The molecule has 7 rings (SSSR count). The number of pyridine rings is 3. The molecule has 6 aromatic rings. The molecule has 0 bridgehead atoms. The highest BCUT2D eigenvalue weighted by Crippen LogP contribution is 2.36. The summed E-state index contributed by atoms with van der Waals surface area (Å²) in [5.74, 6) is -0.160. The van der Waals surface area contributed by atoms with Crippen molar-refractivity contribution in [1.29, 1.82) is 0 Å². The molecule has 6 aromatic heterocycles. The molecule has 0 radical (unpaired) electrons. The Morgan fingerprint density at radius 1 is 1.14 bits per heavy atom. The predicted molar refractivity (Wildman–Crippen MR) is 139 cm³/mol. The number of carbonyl (C=O) groups excluding carboxylic acids is 1. The minimum atomic E-state index is -0.559. The third-order valence-corrected chi connectivity index (χ3v) is 7.43. The summed E-state index contributed by atoms with van der Waals surface area (Å²) in [5.41, 5.74) is 4.07. The van der Waals surface area contributed by atoms with Gasteiger partial charge in [-0.2, -0.15) is 5.10 Å². The lowest BCUT2D eigenvalue weighted by Crippen LogP contribution is -2.13. The van der Waals surface area contributed by atoms with Gasteiger partial charge < -0.3 is 10.3 Å². The Balaban J connectivity index is 1.32. The van der Waals surface area contributed by atoms with Gasteiger partial charge in [0.05, 0.1) is 34.5 Å². The van der Waals surface area contributed by atoms with Crippen LogP contribution >= 0.6 is 11.3 Å². The summed E-state index contributed by atoms with van der Waals surface area (Å²) in [4.78, 5) is 35.3. The average molecular weight is 511 g/mol. The number of nitrogens with one attached hydrogen (secondary N) is 3. The molecule has 1 fully saturated rings. The summed E-state index contributed by atoms with van der Waals surface area (Å²) in [7, 11) is 0. The van der Waals surface area contributed by atoms with Gasteiger partial charge in [-0.3, -0.25) is 19.9 Å². The molecule has 0 spiro atoms. The number of fused-ring (bicyclic) bond motifs is 2. The van der Waals surface area contributed by atoms with Gasteiger partial charge >= 0.3 is 0 Å². The quantitative estimate of drug-likeness (QED) is 0.282. The lowest BCUT2D eigenvalue weighted by atomic mass is 10.1. The highest BCUT2D eigenvalue weighted by molar-refractivity contribution is 7.15. The normalized spacial score (nSPS) is 13.5. The van der Waals surface area contributed by atoms with E-state index in [9.17, 15) is 4.79 Å². The van der Waals surface area contributed by atoms with Gasteiger partial charge in [-0.1, -0.05) is 0 Å².